The SMILES string of the molecule is CC(=O)Nc1ccc(C=C2COc3ccc(Br)cc3C2=O)cc1. The number of nitrogens with one attached hydrogen (secondary N) is 1. The molecule has 116 valence electrons. The number of ether oxygens (including phenoxy) is 1. The molecule has 2 aromatic rings. The maximum atomic E-state index is 12.6. The van der Waals surface area contributed by atoms with Crippen LogP contribution in [0, 0.1) is 0 Å². The Bertz CT molecular complexity index is 810. The maximum absolute atomic E-state index is 12.6. The van der Waals surface area contributed by atoms with Gasteiger partial charge in [-0.05, 0) is 42.0 Å². The summed E-state index contributed by atoms with van der Waals surface area (Å²) >= 11 is 3.37. The average Bonchev–Trinajstić information content (AvgIpc) is 2.52. The van der Waals surface area contributed by atoms with E-state index in [1.54, 1.807) is 24.3 Å². The molecule has 4 nitrogen and oxygen atoms in total. The van der Waals surface area contributed by atoms with Crippen molar-refractivity contribution in [1.82, 2.24) is 0 Å². The van der Waals surface area contributed by atoms with Gasteiger partial charge in [0.05, 0.1) is 5.56 Å². The quantitative estimate of drug-likeness (QED) is 0.809. The topological polar surface area (TPSA) is 55.4 Å². The van der Waals surface area contributed by atoms with Crippen LogP contribution in [0.5, 0.6) is 5.75 Å². The van der Waals surface area contributed by atoms with Gasteiger partial charge in [-0.2, -0.15) is 0 Å². The van der Waals surface area contributed by atoms with Gasteiger partial charge >= 0.3 is 0 Å². The van der Waals surface area contributed by atoms with Crippen molar-refractivity contribution in [3.05, 3.63) is 63.6 Å². The van der Waals surface area contributed by atoms with Crippen LogP contribution >= 0.6 is 15.9 Å². The van der Waals surface area contributed by atoms with Crippen LogP contribution < -0.4 is 10.1 Å². The number of Topliss-reactive ketones (excluding diaryl/α,β-unsaturated/α-hetero) is 1. The van der Waals surface area contributed by atoms with Gasteiger partial charge in [-0.25, -0.2) is 0 Å². The number of amides is 1. The monoisotopic (exact) mass is 371 g/mol. The molecular weight excluding hydrogens is 358 g/mol. The fraction of sp³-hybridized carbons (Fsp3) is 0.111. The van der Waals surface area contributed by atoms with Gasteiger partial charge in [-0.3, -0.25) is 9.59 Å². The number of carbonyl (C=O) groups excluding carboxylic acids is 2. The number of rotatable bonds is 2. The summed E-state index contributed by atoms with van der Waals surface area (Å²) in [4.78, 5) is 23.6. The van der Waals surface area contributed by atoms with E-state index in [4.69, 9.17) is 4.74 Å². The van der Waals surface area contributed by atoms with E-state index in [0.29, 0.717) is 16.9 Å². The molecule has 0 aliphatic carbocycles. The van der Waals surface area contributed by atoms with Crippen molar-refractivity contribution in [1.29, 1.82) is 0 Å². The number of hydrogen-bond acceptors (Lipinski definition) is 3. The molecule has 0 fully saturated rings. The van der Waals surface area contributed by atoms with Crippen LogP contribution in [0.4, 0.5) is 5.69 Å². The number of fused-ring (bicyclic) bond motifs is 1. The van der Waals surface area contributed by atoms with Crippen LogP contribution in [0.15, 0.2) is 52.5 Å². The molecule has 1 amide bonds. The van der Waals surface area contributed by atoms with Gasteiger partial charge in [0.15, 0.2) is 5.78 Å². The minimum absolute atomic E-state index is 0.0292. The summed E-state index contributed by atoms with van der Waals surface area (Å²) in [7, 11) is 0. The molecule has 0 unspecified atom stereocenters. The first-order chi connectivity index (χ1) is 11.0. The summed E-state index contributed by atoms with van der Waals surface area (Å²) in [6.07, 6.45) is 1.81. The number of benzene rings is 2. The van der Waals surface area contributed by atoms with E-state index in [0.717, 1.165) is 15.7 Å². The second-order valence-electron chi connectivity index (χ2n) is 5.23. The molecule has 0 saturated heterocycles. The molecule has 0 radical (unpaired) electrons. The van der Waals surface area contributed by atoms with Crippen LogP contribution in [-0.2, 0) is 4.79 Å². The summed E-state index contributed by atoms with van der Waals surface area (Å²) in [5.41, 5.74) is 2.76. The number of ketones is 1. The average molecular weight is 372 g/mol. The van der Waals surface area contributed by atoms with E-state index in [9.17, 15) is 9.59 Å². The van der Waals surface area contributed by atoms with Crippen molar-refractivity contribution in [2.24, 2.45) is 0 Å². The van der Waals surface area contributed by atoms with Crippen LogP contribution in [0.2, 0.25) is 0 Å². The zero-order valence-electron chi connectivity index (χ0n) is 12.4. The Morgan fingerprint density at radius 1 is 1.22 bits per heavy atom. The summed E-state index contributed by atoms with van der Waals surface area (Å²) in [6.45, 7) is 1.71. The first kappa shape index (κ1) is 15.5. The number of halogens is 1. The lowest BCUT2D eigenvalue weighted by Crippen LogP contribution is -2.19. The minimum Gasteiger partial charge on any atom is -0.488 e. The van der Waals surface area contributed by atoms with Crippen molar-refractivity contribution in [2.45, 2.75) is 6.92 Å². The zero-order chi connectivity index (χ0) is 16.4. The highest BCUT2D eigenvalue weighted by Gasteiger charge is 2.23. The normalized spacial score (nSPS) is 15.0. The first-order valence-electron chi connectivity index (χ1n) is 7.08. The summed E-state index contributed by atoms with van der Waals surface area (Å²) in [5.74, 6) is 0.462. The second-order valence-corrected chi connectivity index (χ2v) is 6.15. The Hall–Kier alpha value is -2.40. The molecule has 0 aromatic heterocycles. The van der Waals surface area contributed by atoms with Gasteiger partial charge in [-0.15, -0.1) is 0 Å². The molecule has 23 heavy (non-hydrogen) atoms. The molecular formula is C18H14BrNO3. The lowest BCUT2D eigenvalue weighted by molar-refractivity contribution is -0.114. The third kappa shape index (κ3) is 3.51. The molecule has 0 saturated carbocycles. The highest BCUT2D eigenvalue weighted by Crippen LogP contribution is 2.30. The third-order valence-corrected chi connectivity index (χ3v) is 3.93. The lowest BCUT2D eigenvalue weighted by atomic mass is 9.98. The van der Waals surface area contributed by atoms with E-state index in [1.165, 1.54) is 6.92 Å². The predicted octanol–water partition coefficient (Wildman–Crippen LogP) is 4.07. The van der Waals surface area contributed by atoms with Gasteiger partial charge in [-0.1, -0.05) is 28.1 Å². The van der Waals surface area contributed by atoms with E-state index in [1.807, 2.05) is 24.3 Å². The lowest BCUT2D eigenvalue weighted by Gasteiger charge is -2.19. The smallest absolute Gasteiger partial charge is 0.221 e. The van der Waals surface area contributed by atoms with E-state index >= 15 is 0 Å². The molecule has 1 heterocycles. The van der Waals surface area contributed by atoms with Crippen molar-refractivity contribution in [2.75, 3.05) is 11.9 Å². The van der Waals surface area contributed by atoms with Gasteiger partial charge < -0.3 is 10.1 Å². The number of carbonyl (C=O) groups is 2. The van der Waals surface area contributed by atoms with Crippen molar-refractivity contribution in [3.63, 3.8) is 0 Å². The fourth-order valence-corrected chi connectivity index (χ4v) is 2.73. The molecule has 0 bridgehead atoms. The number of anilines is 1. The van der Waals surface area contributed by atoms with E-state index in [2.05, 4.69) is 21.2 Å². The summed E-state index contributed by atoms with van der Waals surface area (Å²) < 4.78 is 6.48. The third-order valence-electron chi connectivity index (χ3n) is 3.43. The minimum atomic E-state index is -0.117. The van der Waals surface area contributed by atoms with Crippen LogP contribution in [-0.4, -0.2) is 18.3 Å². The Kier molecular flexibility index (Phi) is 4.30. The summed E-state index contributed by atoms with van der Waals surface area (Å²) in [5, 5.41) is 2.71. The molecule has 1 aliphatic rings. The van der Waals surface area contributed by atoms with Crippen molar-refractivity contribution < 1.29 is 14.3 Å². The van der Waals surface area contributed by atoms with E-state index in [-0.39, 0.29) is 18.3 Å². The van der Waals surface area contributed by atoms with Crippen molar-refractivity contribution in [3.8, 4) is 5.75 Å². The number of hydrogen-bond donors (Lipinski definition) is 1. The molecule has 3 rings (SSSR count). The predicted molar refractivity (Wildman–Crippen MR) is 92.7 cm³/mol. The van der Waals surface area contributed by atoms with Gasteiger partial charge in [0, 0.05) is 22.7 Å². The maximum Gasteiger partial charge on any atom is 0.221 e. The fourth-order valence-electron chi connectivity index (χ4n) is 2.37. The second kappa shape index (κ2) is 6.38. The Balaban J connectivity index is 1.86. The zero-order valence-corrected chi connectivity index (χ0v) is 14.0. The highest BCUT2D eigenvalue weighted by atomic mass is 79.9. The largest absolute Gasteiger partial charge is 0.488 e. The van der Waals surface area contributed by atoms with Crippen LogP contribution in [0.25, 0.3) is 6.08 Å². The highest BCUT2D eigenvalue weighted by molar-refractivity contribution is 9.10. The van der Waals surface area contributed by atoms with E-state index < -0.39 is 0 Å². The standard InChI is InChI=1S/C18H14BrNO3/c1-11(21)20-15-5-2-12(3-6-15)8-13-10-23-17-7-4-14(19)9-16(17)18(13)22/h2-9H,10H2,1H3,(H,20,21). The molecule has 0 atom stereocenters. The van der Waals surface area contributed by atoms with Crippen LogP contribution in [0.1, 0.15) is 22.8 Å². The molecule has 1 N–H and O–H groups in total. The van der Waals surface area contributed by atoms with Crippen LogP contribution in [0.3, 0.4) is 0 Å². The van der Waals surface area contributed by atoms with Gasteiger partial charge in [0.25, 0.3) is 0 Å². The Labute approximate surface area is 142 Å². The molecule has 0 spiro atoms. The Morgan fingerprint density at radius 2 is 1.96 bits per heavy atom. The van der Waals surface area contributed by atoms with Gasteiger partial charge in [0.2, 0.25) is 5.91 Å². The Morgan fingerprint density at radius 3 is 2.65 bits per heavy atom. The first-order valence-corrected chi connectivity index (χ1v) is 7.87. The van der Waals surface area contributed by atoms with Gasteiger partial charge in [0.1, 0.15) is 12.4 Å². The molecule has 5 heteroatoms. The summed E-state index contributed by atoms with van der Waals surface area (Å²) in [6, 6.07) is 12.7. The van der Waals surface area contributed by atoms with Crippen molar-refractivity contribution >= 4 is 39.4 Å². The molecule has 1 aliphatic heterocycles. The molecule has 2 aromatic carbocycles.